The van der Waals surface area contributed by atoms with Gasteiger partial charge in [-0.1, -0.05) is 54.1 Å². The lowest BCUT2D eigenvalue weighted by Gasteiger charge is -2.08. The zero-order valence-electron chi connectivity index (χ0n) is 17.0. The minimum Gasteiger partial charge on any atom is -0.302 e. The van der Waals surface area contributed by atoms with Gasteiger partial charge >= 0.3 is 5.69 Å². The van der Waals surface area contributed by atoms with Crippen LogP contribution in [0.5, 0.6) is 0 Å². The van der Waals surface area contributed by atoms with Crippen molar-refractivity contribution in [1.29, 1.82) is 0 Å². The van der Waals surface area contributed by atoms with Crippen LogP contribution >= 0.6 is 11.6 Å². The Hall–Kier alpha value is -3.65. The van der Waals surface area contributed by atoms with Gasteiger partial charge in [0.25, 0.3) is 5.56 Å². The maximum atomic E-state index is 13.2. The number of hydrogen-bond acceptors (Lipinski definition) is 4. The zero-order valence-corrected chi connectivity index (χ0v) is 17.7. The van der Waals surface area contributed by atoms with Gasteiger partial charge in [0.2, 0.25) is 5.78 Å². The van der Waals surface area contributed by atoms with Crippen LogP contribution in [0.1, 0.15) is 5.56 Å². The second-order valence-corrected chi connectivity index (χ2v) is 7.81. The summed E-state index contributed by atoms with van der Waals surface area (Å²) >= 11 is 6.42. The summed E-state index contributed by atoms with van der Waals surface area (Å²) < 4.78 is 6.14. The Morgan fingerprint density at radius 1 is 0.903 bits per heavy atom. The van der Waals surface area contributed by atoms with Crippen molar-refractivity contribution in [3.63, 3.8) is 0 Å². The molecular weight excluding hydrogens is 416 g/mol. The van der Waals surface area contributed by atoms with Crippen LogP contribution < -0.4 is 11.2 Å². The Labute approximate surface area is 181 Å². The lowest BCUT2D eigenvalue weighted by molar-refractivity contribution is 0.688. The van der Waals surface area contributed by atoms with Gasteiger partial charge in [0.1, 0.15) is 0 Å². The van der Waals surface area contributed by atoms with Crippen LogP contribution in [-0.4, -0.2) is 28.3 Å². The van der Waals surface area contributed by atoms with Crippen LogP contribution in [-0.2, 0) is 27.1 Å². The quantitative estimate of drug-likeness (QED) is 0.435. The van der Waals surface area contributed by atoms with Gasteiger partial charge in [0.05, 0.1) is 5.02 Å². The van der Waals surface area contributed by atoms with E-state index in [-0.39, 0.29) is 5.56 Å². The van der Waals surface area contributed by atoms with Crippen LogP contribution in [0.25, 0.3) is 28.3 Å². The standard InChI is InChI=1S/C22H19ClN6O2/c1-26-19-17(20(30)27(2)22(26)31)28(13-12-14-8-4-3-5-9-14)21-25-24-18(29(19)21)15-10-6-7-11-16(15)23/h3-11H,12-13H2,1-2H3. The summed E-state index contributed by atoms with van der Waals surface area (Å²) in [5.74, 6) is 0.964. The topological polar surface area (TPSA) is 79.1 Å². The van der Waals surface area contributed by atoms with E-state index in [0.29, 0.717) is 46.3 Å². The van der Waals surface area contributed by atoms with Crippen molar-refractivity contribution in [3.8, 4) is 11.4 Å². The Bertz CT molecular complexity index is 1560. The smallest absolute Gasteiger partial charge is 0.302 e. The Morgan fingerprint density at radius 2 is 1.61 bits per heavy atom. The largest absolute Gasteiger partial charge is 0.332 e. The molecule has 0 aliphatic heterocycles. The minimum atomic E-state index is -0.418. The molecule has 0 atom stereocenters. The Morgan fingerprint density at radius 3 is 2.35 bits per heavy atom. The fraction of sp³-hybridized carbons (Fsp3) is 0.182. The molecule has 0 spiro atoms. The maximum absolute atomic E-state index is 13.2. The van der Waals surface area contributed by atoms with Crippen molar-refractivity contribution >= 4 is 28.5 Å². The molecule has 9 heteroatoms. The molecule has 0 saturated heterocycles. The van der Waals surface area contributed by atoms with E-state index in [0.717, 1.165) is 10.1 Å². The molecule has 3 aromatic heterocycles. The van der Waals surface area contributed by atoms with Gasteiger partial charge in [-0.2, -0.15) is 0 Å². The lowest BCUT2D eigenvalue weighted by atomic mass is 10.1. The molecule has 5 rings (SSSR count). The number of rotatable bonds is 4. The average molecular weight is 435 g/mol. The first kappa shape index (κ1) is 19.3. The predicted molar refractivity (Wildman–Crippen MR) is 120 cm³/mol. The number of hydrogen-bond donors (Lipinski definition) is 0. The van der Waals surface area contributed by atoms with Crippen molar-refractivity contribution in [2.45, 2.75) is 13.0 Å². The SMILES string of the molecule is Cn1c(=O)c2c(n(C)c1=O)n1c(-c3ccccc3Cl)nnc1n2CCc1ccccc1. The second kappa shape index (κ2) is 7.24. The van der Waals surface area contributed by atoms with E-state index in [4.69, 9.17) is 11.6 Å². The molecule has 0 unspecified atom stereocenters. The first-order valence-corrected chi connectivity index (χ1v) is 10.2. The number of benzene rings is 2. The highest BCUT2D eigenvalue weighted by Gasteiger charge is 2.24. The van der Waals surface area contributed by atoms with Gasteiger partial charge in [-0.05, 0) is 24.1 Å². The second-order valence-electron chi connectivity index (χ2n) is 7.40. The van der Waals surface area contributed by atoms with E-state index in [1.807, 2.05) is 53.1 Å². The minimum absolute atomic E-state index is 0.373. The molecule has 0 radical (unpaired) electrons. The highest BCUT2D eigenvalue weighted by Crippen LogP contribution is 2.29. The molecule has 0 fully saturated rings. The summed E-state index contributed by atoms with van der Waals surface area (Å²) in [5.41, 5.74) is 1.86. The highest BCUT2D eigenvalue weighted by atomic mass is 35.5. The summed E-state index contributed by atoms with van der Waals surface area (Å²) in [6.07, 6.45) is 0.695. The monoisotopic (exact) mass is 434 g/mol. The molecule has 156 valence electrons. The van der Waals surface area contributed by atoms with Crippen LogP contribution in [0.3, 0.4) is 0 Å². The number of aryl methyl sites for hydroxylation is 3. The summed E-state index contributed by atoms with van der Waals surface area (Å²) in [6.45, 7) is 0.505. The lowest BCUT2D eigenvalue weighted by Crippen LogP contribution is -2.37. The first-order chi connectivity index (χ1) is 15.0. The predicted octanol–water partition coefficient (Wildman–Crippen LogP) is 2.64. The summed E-state index contributed by atoms with van der Waals surface area (Å²) in [7, 11) is 3.12. The van der Waals surface area contributed by atoms with Crippen LogP contribution in [0.4, 0.5) is 0 Å². The van der Waals surface area contributed by atoms with Crippen molar-refractivity contribution in [2.24, 2.45) is 14.1 Å². The Balaban J connectivity index is 1.85. The van der Waals surface area contributed by atoms with Crippen LogP contribution in [0, 0.1) is 0 Å². The Kier molecular flexibility index (Phi) is 4.51. The van der Waals surface area contributed by atoms with Crippen molar-refractivity contribution in [2.75, 3.05) is 0 Å². The molecule has 0 amide bonds. The molecule has 0 bridgehead atoms. The number of aromatic nitrogens is 6. The number of halogens is 1. The van der Waals surface area contributed by atoms with Crippen LogP contribution in [0.15, 0.2) is 64.2 Å². The molecule has 0 aliphatic rings. The molecule has 8 nitrogen and oxygen atoms in total. The number of imidazole rings is 1. The number of fused-ring (bicyclic) bond motifs is 3. The van der Waals surface area contributed by atoms with E-state index in [2.05, 4.69) is 10.2 Å². The van der Waals surface area contributed by atoms with Gasteiger partial charge in [-0.3, -0.25) is 13.9 Å². The van der Waals surface area contributed by atoms with Gasteiger partial charge in [-0.25, -0.2) is 9.20 Å². The van der Waals surface area contributed by atoms with Crippen LogP contribution in [0.2, 0.25) is 5.02 Å². The summed E-state index contributed by atoms with van der Waals surface area (Å²) in [6, 6.07) is 17.3. The third-order valence-electron chi connectivity index (χ3n) is 5.56. The van der Waals surface area contributed by atoms with Crippen molar-refractivity contribution in [3.05, 3.63) is 86.0 Å². The van der Waals surface area contributed by atoms with Gasteiger partial charge in [0, 0.05) is 26.2 Å². The average Bonchev–Trinajstić information content (AvgIpc) is 3.34. The normalized spacial score (nSPS) is 11.6. The fourth-order valence-electron chi connectivity index (χ4n) is 3.97. The summed E-state index contributed by atoms with van der Waals surface area (Å²) in [4.78, 5) is 25.9. The summed E-state index contributed by atoms with van der Waals surface area (Å²) in [5, 5.41) is 9.25. The zero-order chi connectivity index (χ0) is 21.7. The van der Waals surface area contributed by atoms with E-state index >= 15 is 0 Å². The number of nitrogens with zero attached hydrogens (tertiary/aromatic N) is 6. The fourth-order valence-corrected chi connectivity index (χ4v) is 4.19. The molecule has 3 heterocycles. The van der Waals surface area contributed by atoms with Crippen molar-refractivity contribution < 1.29 is 0 Å². The third-order valence-corrected chi connectivity index (χ3v) is 5.89. The highest BCUT2D eigenvalue weighted by molar-refractivity contribution is 6.33. The van der Waals surface area contributed by atoms with Gasteiger partial charge in [-0.15, -0.1) is 10.2 Å². The molecule has 0 N–H and O–H groups in total. The van der Waals surface area contributed by atoms with E-state index in [1.165, 1.54) is 11.6 Å². The van der Waals surface area contributed by atoms with E-state index in [1.54, 1.807) is 17.5 Å². The molecule has 31 heavy (non-hydrogen) atoms. The van der Waals surface area contributed by atoms with Gasteiger partial charge in [0.15, 0.2) is 17.0 Å². The molecule has 0 saturated carbocycles. The molecular formula is C22H19ClN6O2. The van der Waals surface area contributed by atoms with Crippen molar-refractivity contribution in [1.82, 2.24) is 28.3 Å². The maximum Gasteiger partial charge on any atom is 0.332 e. The van der Waals surface area contributed by atoms with Gasteiger partial charge < -0.3 is 4.57 Å². The molecule has 5 aromatic rings. The van der Waals surface area contributed by atoms with E-state index in [9.17, 15) is 9.59 Å². The molecule has 2 aromatic carbocycles. The third kappa shape index (κ3) is 2.90. The molecule has 0 aliphatic carbocycles. The van der Waals surface area contributed by atoms with E-state index < -0.39 is 5.69 Å². The first-order valence-electron chi connectivity index (χ1n) is 9.81.